The summed E-state index contributed by atoms with van der Waals surface area (Å²) in [7, 11) is 0. The van der Waals surface area contributed by atoms with E-state index in [-0.39, 0.29) is 5.41 Å². The summed E-state index contributed by atoms with van der Waals surface area (Å²) in [5.74, 6) is 2.69. The van der Waals surface area contributed by atoms with Crippen LogP contribution in [-0.2, 0) is 18.6 Å². The largest absolute Gasteiger partial charge is 0.491 e. The first-order valence-corrected chi connectivity index (χ1v) is 11.2. The van der Waals surface area contributed by atoms with Crippen molar-refractivity contribution in [2.24, 2.45) is 0 Å². The van der Waals surface area contributed by atoms with Gasteiger partial charge in [0.05, 0.1) is 17.6 Å². The average molecular weight is 429 g/mol. The maximum absolute atomic E-state index is 6.11. The minimum absolute atomic E-state index is 0.127. The summed E-state index contributed by atoms with van der Waals surface area (Å²) in [6.45, 7) is 12.5. The van der Waals surface area contributed by atoms with Crippen LogP contribution in [0.5, 0.6) is 11.5 Å². The second-order valence-corrected chi connectivity index (χ2v) is 9.28. The number of fused-ring (bicyclic) bond motifs is 1. The number of nitrogens with zero attached hydrogens (tertiary/aromatic N) is 2. The van der Waals surface area contributed by atoms with E-state index in [0.29, 0.717) is 19.8 Å². The van der Waals surface area contributed by atoms with Crippen LogP contribution in [0.2, 0.25) is 0 Å². The van der Waals surface area contributed by atoms with Crippen molar-refractivity contribution in [3.05, 3.63) is 89.2 Å². The molecule has 0 N–H and O–H groups in total. The van der Waals surface area contributed by atoms with E-state index in [1.165, 1.54) is 16.7 Å². The molecular weight excluding hydrogens is 396 g/mol. The highest BCUT2D eigenvalue weighted by Gasteiger charge is 2.14. The fourth-order valence-electron chi connectivity index (χ4n) is 3.81. The van der Waals surface area contributed by atoms with Crippen molar-refractivity contribution in [3.63, 3.8) is 0 Å². The molecule has 0 unspecified atom stereocenters. The Bertz CT molecular complexity index is 1200. The SMILES string of the molecule is Cc1cccc(OCCn2c(COc3ccc(C(C)(C)C)cc3)nc3ccccc32)c1C. The first kappa shape index (κ1) is 21.9. The lowest BCUT2D eigenvalue weighted by molar-refractivity contribution is 0.271. The Kier molecular flexibility index (Phi) is 6.22. The van der Waals surface area contributed by atoms with Crippen molar-refractivity contribution in [1.29, 1.82) is 0 Å². The van der Waals surface area contributed by atoms with E-state index in [1.807, 2.05) is 42.5 Å². The number of aromatic nitrogens is 2. The molecule has 32 heavy (non-hydrogen) atoms. The molecule has 3 aromatic carbocycles. The molecular formula is C28H32N2O2. The van der Waals surface area contributed by atoms with Gasteiger partial charge in [-0.05, 0) is 66.3 Å². The summed E-state index contributed by atoms with van der Waals surface area (Å²) in [5.41, 5.74) is 5.91. The maximum atomic E-state index is 6.11. The third-order valence-corrected chi connectivity index (χ3v) is 5.95. The van der Waals surface area contributed by atoms with Gasteiger partial charge in [0.25, 0.3) is 0 Å². The van der Waals surface area contributed by atoms with Crippen LogP contribution in [0, 0.1) is 13.8 Å². The Hall–Kier alpha value is -3.27. The summed E-state index contributed by atoms with van der Waals surface area (Å²) in [4.78, 5) is 4.82. The van der Waals surface area contributed by atoms with Crippen molar-refractivity contribution in [2.45, 2.75) is 53.2 Å². The number of ether oxygens (including phenoxy) is 2. The molecule has 0 radical (unpaired) electrons. The molecule has 0 amide bonds. The molecule has 0 bridgehead atoms. The predicted octanol–water partition coefficient (Wildman–Crippen LogP) is 6.61. The Morgan fingerprint density at radius 2 is 1.59 bits per heavy atom. The molecule has 4 rings (SSSR count). The van der Waals surface area contributed by atoms with E-state index in [4.69, 9.17) is 14.5 Å². The Balaban J connectivity index is 1.49. The minimum Gasteiger partial charge on any atom is -0.491 e. The quantitative estimate of drug-likeness (QED) is 0.332. The van der Waals surface area contributed by atoms with Crippen LogP contribution in [0.1, 0.15) is 43.3 Å². The second-order valence-electron chi connectivity index (χ2n) is 9.28. The number of hydrogen-bond donors (Lipinski definition) is 0. The van der Waals surface area contributed by atoms with E-state index in [1.54, 1.807) is 0 Å². The number of rotatable bonds is 7. The summed E-state index contributed by atoms with van der Waals surface area (Å²) >= 11 is 0. The fraction of sp³-hybridized carbons (Fsp3) is 0.321. The standard InChI is InChI=1S/C28H32N2O2/c1-20-9-8-12-26(21(20)2)31-18-17-30-25-11-7-6-10-24(25)29-27(30)19-32-23-15-13-22(14-16-23)28(3,4)5/h6-16H,17-19H2,1-5H3. The van der Waals surface area contributed by atoms with Crippen molar-refractivity contribution in [3.8, 4) is 11.5 Å². The molecule has 0 saturated heterocycles. The topological polar surface area (TPSA) is 36.3 Å². The van der Waals surface area contributed by atoms with Gasteiger partial charge in [0.2, 0.25) is 0 Å². The molecule has 0 aliphatic carbocycles. The highest BCUT2D eigenvalue weighted by molar-refractivity contribution is 5.75. The fourth-order valence-corrected chi connectivity index (χ4v) is 3.81. The normalized spacial score (nSPS) is 11.7. The van der Waals surface area contributed by atoms with Gasteiger partial charge < -0.3 is 14.0 Å². The van der Waals surface area contributed by atoms with Crippen molar-refractivity contribution in [1.82, 2.24) is 9.55 Å². The molecule has 1 heterocycles. The van der Waals surface area contributed by atoms with Gasteiger partial charge in [0.1, 0.15) is 30.5 Å². The van der Waals surface area contributed by atoms with Crippen LogP contribution < -0.4 is 9.47 Å². The molecule has 166 valence electrons. The highest BCUT2D eigenvalue weighted by Crippen LogP contribution is 2.25. The van der Waals surface area contributed by atoms with Crippen LogP contribution >= 0.6 is 0 Å². The molecule has 0 spiro atoms. The second kappa shape index (κ2) is 9.07. The molecule has 0 saturated carbocycles. The molecule has 0 aliphatic rings. The van der Waals surface area contributed by atoms with Gasteiger partial charge in [-0.25, -0.2) is 4.98 Å². The molecule has 0 fully saturated rings. The van der Waals surface area contributed by atoms with Gasteiger partial charge in [-0.1, -0.05) is 57.2 Å². The average Bonchev–Trinajstić information content (AvgIpc) is 3.12. The number of benzene rings is 3. The van der Waals surface area contributed by atoms with Crippen LogP contribution in [0.15, 0.2) is 66.7 Å². The highest BCUT2D eigenvalue weighted by atomic mass is 16.5. The monoisotopic (exact) mass is 428 g/mol. The van der Waals surface area contributed by atoms with Gasteiger partial charge in [-0.3, -0.25) is 0 Å². The number of imidazole rings is 1. The minimum atomic E-state index is 0.127. The van der Waals surface area contributed by atoms with E-state index in [9.17, 15) is 0 Å². The Morgan fingerprint density at radius 3 is 2.34 bits per heavy atom. The lowest BCUT2D eigenvalue weighted by Crippen LogP contribution is -2.13. The summed E-state index contributed by atoms with van der Waals surface area (Å²) < 4.78 is 14.4. The zero-order valence-corrected chi connectivity index (χ0v) is 19.7. The number of aryl methyl sites for hydroxylation is 1. The van der Waals surface area contributed by atoms with Gasteiger partial charge in [-0.2, -0.15) is 0 Å². The lowest BCUT2D eigenvalue weighted by atomic mass is 9.87. The zero-order valence-electron chi connectivity index (χ0n) is 19.7. The first-order chi connectivity index (χ1) is 15.3. The maximum Gasteiger partial charge on any atom is 0.148 e. The van der Waals surface area contributed by atoms with Gasteiger partial charge in [0.15, 0.2) is 0 Å². The number of hydrogen-bond acceptors (Lipinski definition) is 3. The van der Waals surface area contributed by atoms with Crippen LogP contribution in [0.4, 0.5) is 0 Å². The summed E-state index contributed by atoms with van der Waals surface area (Å²) in [5, 5.41) is 0. The molecule has 4 nitrogen and oxygen atoms in total. The summed E-state index contributed by atoms with van der Waals surface area (Å²) in [6, 6.07) is 22.7. The molecule has 0 atom stereocenters. The van der Waals surface area contributed by atoms with Gasteiger partial charge in [0, 0.05) is 0 Å². The van der Waals surface area contributed by atoms with E-state index in [0.717, 1.165) is 28.4 Å². The predicted molar refractivity (Wildman–Crippen MR) is 131 cm³/mol. The van der Waals surface area contributed by atoms with E-state index in [2.05, 4.69) is 63.5 Å². The molecule has 0 aliphatic heterocycles. The van der Waals surface area contributed by atoms with E-state index < -0.39 is 0 Å². The van der Waals surface area contributed by atoms with Crippen LogP contribution in [-0.4, -0.2) is 16.2 Å². The van der Waals surface area contributed by atoms with Crippen molar-refractivity contribution in [2.75, 3.05) is 6.61 Å². The smallest absolute Gasteiger partial charge is 0.148 e. The third-order valence-electron chi connectivity index (χ3n) is 5.95. The Morgan fingerprint density at radius 1 is 0.844 bits per heavy atom. The number of para-hydroxylation sites is 2. The van der Waals surface area contributed by atoms with E-state index >= 15 is 0 Å². The third kappa shape index (κ3) is 4.80. The molecule has 4 heteroatoms. The lowest BCUT2D eigenvalue weighted by Gasteiger charge is -2.19. The van der Waals surface area contributed by atoms with Gasteiger partial charge in [-0.15, -0.1) is 0 Å². The van der Waals surface area contributed by atoms with Crippen molar-refractivity contribution < 1.29 is 9.47 Å². The van der Waals surface area contributed by atoms with Gasteiger partial charge >= 0.3 is 0 Å². The van der Waals surface area contributed by atoms with Crippen LogP contribution in [0.3, 0.4) is 0 Å². The Labute approximate surface area is 190 Å². The van der Waals surface area contributed by atoms with Crippen LogP contribution in [0.25, 0.3) is 11.0 Å². The first-order valence-electron chi connectivity index (χ1n) is 11.2. The molecule has 4 aromatic rings. The molecule has 1 aromatic heterocycles. The zero-order chi connectivity index (χ0) is 22.7. The summed E-state index contributed by atoms with van der Waals surface area (Å²) in [6.07, 6.45) is 0. The van der Waals surface area contributed by atoms with Crippen molar-refractivity contribution >= 4 is 11.0 Å².